The van der Waals surface area contributed by atoms with E-state index in [2.05, 4.69) is 22.7 Å². The van der Waals surface area contributed by atoms with Gasteiger partial charge in [0.05, 0.1) is 5.70 Å². The highest BCUT2D eigenvalue weighted by Crippen LogP contribution is 2.48. The summed E-state index contributed by atoms with van der Waals surface area (Å²) in [5.74, 6) is 0.730. The number of rotatable bonds is 5. The summed E-state index contributed by atoms with van der Waals surface area (Å²) in [5.41, 5.74) is 1.99. The molecule has 0 amide bonds. The molecular weight excluding hydrogens is 450 g/mol. The molecule has 2 aromatic rings. The molecule has 2 N–H and O–H groups in total. The maximum absolute atomic E-state index is 14.1. The number of halogens is 5. The molecule has 3 rings (SSSR count). The first-order chi connectivity index (χ1) is 14.6. The van der Waals surface area contributed by atoms with Gasteiger partial charge in [0.2, 0.25) is 5.60 Å². The van der Waals surface area contributed by atoms with Gasteiger partial charge < -0.3 is 5.32 Å². The van der Waals surface area contributed by atoms with Crippen molar-refractivity contribution in [3.05, 3.63) is 74.8 Å². The maximum atomic E-state index is 14.1. The lowest BCUT2D eigenvalue weighted by Crippen LogP contribution is -2.42. The van der Waals surface area contributed by atoms with Gasteiger partial charge in [0, 0.05) is 34.8 Å². The van der Waals surface area contributed by atoms with Gasteiger partial charge in [-0.3, -0.25) is 15.3 Å². The zero-order chi connectivity index (χ0) is 22.8. The van der Waals surface area contributed by atoms with Crippen LogP contribution in [0.25, 0.3) is 5.70 Å². The van der Waals surface area contributed by atoms with Gasteiger partial charge in [-0.05, 0) is 54.8 Å². The average molecular weight is 472 g/mol. The molecule has 0 spiro atoms. The quantitative estimate of drug-likeness (QED) is 0.414. The van der Waals surface area contributed by atoms with E-state index in [0.29, 0.717) is 5.56 Å². The lowest BCUT2D eigenvalue weighted by Gasteiger charge is -2.28. The Morgan fingerprint density at radius 2 is 1.84 bits per heavy atom. The van der Waals surface area contributed by atoms with Crippen molar-refractivity contribution in [1.29, 1.82) is 0 Å². The third kappa shape index (κ3) is 4.68. The molecule has 1 aliphatic rings. The first kappa shape index (κ1) is 23.4. The van der Waals surface area contributed by atoms with Gasteiger partial charge in [0.25, 0.3) is 0 Å². The topological polar surface area (TPSA) is 45.7 Å². The number of hydroxylamine groups is 1. The van der Waals surface area contributed by atoms with E-state index in [1.54, 1.807) is 19.2 Å². The molecule has 0 saturated carbocycles. The van der Waals surface area contributed by atoms with Crippen LogP contribution in [0.15, 0.2) is 47.5 Å². The first-order valence-corrected chi connectivity index (χ1v) is 10.4. The number of benzene rings is 2. The minimum Gasteiger partial charge on any atom is -0.370 e. The summed E-state index contributed by atoms with van der Waals surface area (Å²) < 4.78 is 42.4. The Balaban J connectivity index is 2.03. The van der Waals surface area contributed by atoms with Crippen LogP contribution in [0.2, 0.25) is 10.0 Å². The summed E-state index contributed by atoms with van der Waals surface area (Å²) in [6.45, 7) is 4.70. The molecule has 1 heterocycles. The maximum Gasteiger partial charge on any atom is 0.428 e. The Bertz CT molecular complexity index is 1020. The van der Waals surface area contributed by atoms with Crippen LogP contribution < -0.4 is 10.8 Å². The molecule has 0 fully saturated rings. The first-order valence-electron chi connectivity index (χ1n) is 9.63. The van der Waals surface area contributed by atoms with Crippen LogP contribution >= 0.6 is 23.2 Å². The van der Waals surface area contributed by atoms with Crippen LogP contribution in [0.5, 0.6) is 0 Å². The summed E-state index contributed by atoms with van der Waals surface area (Å²) in [5, 5.41) is 3.42. The Morgan fingerprint density at radius 1 is 1.16 bits per heavy atom. The van der Waals surface area contributed by atoms with Crippen molar-refractivity contribution in [2.75, 3.05) is 13.6 Å². The van der Waals surface area contributed by atoms with Gasteiger partial charge in [-0.15, -0.1) is 0 Å². The molecule has 0 saturated heterocycles. The van der Waals surface area contributed by atoms with Crippen molar-refractivity contribution in [2.24, 2.45) is 4.99 Å². The lowest BCUT2D eigenvalue weighted by atomic mass is 9.91. The molecule has 2 aromatic carbocycles. The SMILES string of the molecule is CCCNC(=NC)c1ccc(C2=CC(c3cc(Cl)cc(Cl)c3)(C(F)(F)F)ON2)cc1C. The summed E-state index contributed by atoms with van der Waals surface area (Å²) in [7, 11) is 1.69. The van der Waals surface area contributed by atoms with Crippen LogP contribution in [-0.2, 0) is 10.4 Å². The fraction of sp³-hybridized carbons (Fsp3) is 0.318. The smallest absolute Gasteiger partial charge is 0.370 e. The van der Waals surface area contributed by atoms with Crippen LogP contribution in [-0.4, -0.2) is 25.6 Å². The van der Waals surface area contributed by atoms with Crippen LogP contribution in [0.1, 0.15) is 35.6 Å². The Hall–Kier alpha value is -2.22. The number of alkyl halides is 3. The second-order valence-corrected chi connectivity index (χ2v) is 8.06. The van der Waals surface area contributed by atoms with Crippen LogP contribution in [0.4, 0.5) is 13.2 Å². The minimum atomic E-state index is -4.75. The van der Waals surface area contributed by atoms with E-state index >= 15 is 0 Å². The van der Waals surface area contributed by atoms with Crippen LogP contribution in [0, 0.1) is 6.92 Å². The number of aliphatic imine (C=N–C) groups is 1. The number of amidine groups is 1. The molecule has 0 aliphatic carbocycles. The molecule has 4 nitrogen and oxygen atoms in total. The number of aryl methyl sites for hydroxylation is 1. The second-order valence-electron chi connectivity index (χ2n) is 7.18. The summed E-state index contributed by atoms with van der Waals surface area (Å²) in [6, 6.07) is 9.08. The van der Waals surface area contributed by atoms with Gasteiger partial charge in [0.15, 0.2) is 0 Å². The van der Waals surface area contributed by atoms with Gasteiger partial charge in [-0.2, -0.15) is 13.2 Å². The third-order valence-corrected chi connectivity index (χ3v) is 5.38. The van der Waals surface area contributed by atoms with Gasteiger partial charge in [-0.1, -0.05) is 42.3 Å². The van der Waals surface area contributed by atoms with E-state index in [1.165, 1.54) is 18.2 Å². The van der Waals surface area contributed by atoms with Crippen molar-refractivity contribution in [1.82, 2.24) is 10.8 Å². The molecule has 0 bridgehead atoms. The Labute approximate surface area is 189 Å². The monoisotopic (exact) mass is 471 g/mol. The number of nitrogens with zero attached hydrogens (tertiary/aromatic N) is 1. The van der Waals surface area contributed by atoms with Crippen molar-refractivity contribution in [3.63, 3.8) is 0 Å². The fourth-order valence-corrected chi connectivity index (χ4v) is 3.91. The van der Waals surface area contributed by atoms with Crippen molar-refractivity contribution < 1.29 is 18.0 Å². The highest BCUT2D eigenvalue weighted by atomic mass is 35.5. The van der Waals surface area contributed by atoms with Crippen LogP contribution in [0.3, 0.4) is 0 Å². The van der Waals surface area contributed by atoms with E-state index in [0.717, 1.165) is 36.0 Å². The van der Waals surface area contributed by atoms with E-state index in [-0.39, 0.29) is 21.3 Å². The number of nitrogens with one attached hydrogen (secondary N) is 2. The van der Waals surface area contributed by atoms with Crippen molar-refractivity contribution >= 4 is 34.7 Å². The van der Waals surface area contributed by atoms with Crippen molar-refractivity contribution in [3.8, 4) is 0 Å². The predicted octanol–water partition coefficient (Wildman–Crippen LogP) is 6.01. The van der Waals surface area contributed by atoms with E-state index in [4.69, 9.17) is 28.0 Å². The minimum absolute atomic E-state index is 0.0859. The molecule has 31 heavy (non-hydrogen) atoms. The molecule has 1 aliphatic heterocycles. The number of hydrogen-bond donors (Lipinski definition) is 2. The number of hydrogen-bond acceptors (Lipinski definition) is 3. The van der Waals surface area contributed by atoms with Gasteiger partial charge >= 0.3 is 6.18 Å². The summed E-state index contributed by atoms with van der Waals surface area (Å²) >= 11 is 11.9. The highest BCUT2D eigenvalue weighted by molar-refractivity contribution is 6.34. The van der Waals surface area contributed by atoms with Crippen molar-refractivity contribution in [2.45, 2.75) is 32.0 Å². The molecular formula is C22H22Cl2F3N3O. The van der Waals surface area contributed by atoms with E-state index in [9.17, 15) is 13.2 Å². The highest BCUT2D eigenvalue weighted by Gasteiger charge is 2.59. The molecule has 9 heteroatoms. The van der Waals surface area contributed by atoms with Gasteiger partial charge in [-0.25, -0.2) is 0 Å². The second kappa shape index (κ2) is 9.10. The summed E-state index contributed by atoms with van der Waals surface area (Å²) in [4.78, 5) is 9.41. The molecule has 0 radical (unpaired) electrons. The predicted molar refractivity (Wildman–Crippen MR) is 118 cm³/mol. The zero-order valence-corrected chi connectivity index (χ0v) is 18.7. The molecule has 1 atom stereocenters. The Morgan fingerprint density at radius 3 is 2.39 bits per heavy atom. The average Bonchev–Trinajstić information content (AvgIpc) is 3.15. The third-order valence-electron chi connectivity index (χ3n) is 4.94. The molecule has 166 valence electrons. The Kier molecular flexibility index (Phi) is 6.88. The van der Waals surface area contributed by atoms with E-state index in [1.807, 2.05) is 13.0 Å². The standard InChI is InChI=1S/C22H22Cl2F3N3O/c1-4-7-29-20(28-3)18-6-5-14(8-13(18)2)19-12-21(31-30-19,22(25,26)27)15-9-16(23)11-17(24)10-15/h5-6,8-12,30H,4,7H2,1-3H3,(H,28,29). The summed E-state index contributed by atoms with van der Waals surface area (Å²) in [6.07, 6.45) is -2.80. The lowest BCUT2D eigenvalue weighted by molar-refractivity contribution is -0.269. The zero-order valence-electron chi connectivity index (χ0n) is 17.2. The molecule has 1 unspecified atom stereocenters. The van der Waals surface area contributed by atoms with Gasteiger partial charge in [0.1, 0.15) is 5.84 Å². The van der Waals surface area contributed by atoms with E-state index < -0.39 is 11.8 Å². The largest absolute Gasteiger partial charge is 0.428 e. The normalized spacial score (nSPS) is 19.2. The molecule has 0 aromatic heterocycles. The fourth-order valence-electron chi connectivity index (χ4n) is 3.39.